The Kier molecular flexibility index (Phi) is 3.95. The average molecular weight is 255 g/mol. The zero-order valence-electron chi connectivity index (χ0n) is 11.4. The Hall–Kier alpha value is -2.16. The molecule has 1 aromatic heterocycles. The van der Waals surface area contributed by atoms with Crippen LogP contribution in [0.3, 0.4) is 0 Å². The Morgan fingerprint density at radius 3 is 2.58 bits per heavy atom. The van der Waals surface area contributed by atoms with Gasteiger partial charge in [0.05, 0.1) is 11.8 Å². The van der Waals surface area contributed by atoms with Crippen LogP contribution >= 0.6 is 0 Å². The molecule has 0 aliphatic carbocycles. The summed E-state index contributed by atoms with van der Waals surface area (Å²) in [7, 11) is 0. The van der Waals surface area contributed by atoms with E-state index >= 15 is 0 Å². The molecule has 0 amide bonds. The smallest absolute Gasteiger partial charge is 0.343 e. The minimum Gasteiger partial charge on any atom is -0.421 e. The largest absolute Gasteiger partial charge is 0.421 e. The SMILES string of the molecule is CCc1ccc(C(=O)Oc2ccc(C)nc2)cc1C. The maximum Gasteiger partial charge on any atom is 0.343 e. The maximum atomic E-state index is 12.0. The van der Waals surface area contributed by atoms with E-state index in [4.69, 9.17) is 4.74 Å². The van der Waals surface area contributed by atoms with Crippen LogP contribution < -0.4 is 4.74 Å². The molecule has 3 nitrogen and oxygen atoms in total. The molecule has 0 spiro atoms. The van der Waals surface area contributed by atoms with E-state index in [2.05, 4.69) is 11.9 Å². The first-order valence-electron chi connectivity index (χ1n) is 6.34. The molecule has 0 aliphatic rings. The van der Waals surface area contributed by atoms with E-state index < -0.39 is 0 Å². The van der Waals surface area contributed by atoms with E-state index in [1.165, 1.54) is 5.56 Å². The lowest BCUT2D eigenvalue weighted by atomic mass is 10.0. The Bertz CT molecular complexity index is 588. The molecule has 0 fully saturated rings. The lowest BCUT2D eigenvalue weighted by molar-refractivity contribution is 0.0734. The second-order valence-corrected chi connectivity index (χ2v) is 4.52. The Labute approximate surface area is 113 Å². The van der Waals surface area contributed by atoms with Gasteiger partial charge in [0, 0.05) is 5.69 Å². The number of nitrogens with zero attached hydrogens (tertiary/aromatic N) is 1. The molecule has 0 radical (unpaired) electrons. The summed E-state index contributed by atoms with van der Waals surface area (Å²) in [6.45, 7) is 5.99. The molecule has 3 heteroatoms. The molecule has 1 heterocycles. The van der Waals surface area contributed by atoms with Crippen LogP contribution in [0, 0.1) is 13.8 Å². The van der Waals surface area contributed by atoms with Gasteiger partial charge in [0.2, 0.25) is 0 Å². The number of benzene rings is 1. The van der Waals surface area contributed by atoms with Gasteiger partial charge in [-0.25, -0.2) is 4.79 Å². The second-order valence-electron chi connectivity index (χ2n) is 4.52. The number of aryl methyl sites for hydroxylation is 3. The van der Waals surface area contributed by atoms with Gasteiger partial charge in [-0.15, -0.1) is 0 Å². The summed E-state index contributed by atoms with van der Waals surface area (Å²) in [5, 5.41) is 0. The van der Waals surface area contributed by atoms with E-state index in [9.17, 15) is 4.79 Å². The van der Waals surface area contributed by atoms with Crippen molar-refractivity contribution in [1.29, 1.82) is 0 Å². The van der Waals surface area contributed by atoms with Crippen LogP contribution in [-0.4, -0.2) is 11.0 Å². The highest BCUT2D eigenvalue weighted by Gasteiger charge is 2.10. The fourth-order valence-corrected chi connectivity index (χ4v) is 1.90. The molecular formula is C16H17NO2. The summed E-state index contributed by atoms with van der Waals surface area (Å²) < 4.78 is 5.28. The lowest BCUT2D eigenvalue weighted by Crippen LogP contribution is -2.09. The number of aromatic nitrogens is 1. The van der Waals surface area contributed by atoms with Gasteiger partial charge < -0.3 is 4.74 Å². The van der Waals surface area contributed by atoms with Crippen molar-refractivity contribution in [3.05, 3.63) is 58.9 Å². The van der Waals surface area contributed by atoms with Crippen LogP contribution in [0.5, 0.6) is 5.75 Å². The van der Waals surface area contributed by atoms with Gasteiger partial charge in [0.25, 0.3) is 0 Å². The predicted molar refractivity (Wildman–Crippen MR) is 74.5 cm³/mol. The van der Waals surface area contributed by atoms with Crippen LogP contribution in [0.4, 0.5) is 0 Å². The van der Waals surface area contributed by atoms with Gasteiger partial charge in [-0.2, -0.15) is 0 Å². The summed E-state index contributed by atoms with van der Waals surface area (Å²) in [6, 6.07) is 9.19. The van der Waals surface area contributed by atoms with Crippen LogP contribution in [-0.2, 0) is 6.42 Å². The quantitative estimate of drug-likeness (QED) is 0.788. The second kappa shape index (κ2) is 5.65. The molecule has 19 heavy (non-hydrogen) atoms. The topological polar surface area (TPSA) is 39.2 Å². The fraction of sp³-hybridized carbons (Fsp3) is 0.250. The Balaban J connectivity index is 2.16. The third-order valence-corrected chi connectivity index (χ3v) is 3.05. The van der Waals surface area contributed by atoms with E-state index in [1.807, 2.05) is 32.0 Å². The predicted octanol–water partition coefficient (Wildman–Crippen LogP) is 3.48. The molecule has 1 aromatic carbocycles. The summed E-state index contributed by atoms with van der Waals surface area (Å²) >= 11 is 0. The zero-order chi connectivity index (χ0) is 13.8. The number of hydrogen-bond donors (Lipinski definition) is 0. The Morgan fingerprint density at radius 2 is 2.00 bits per heavy atom. The number of ether oxygens (including phenoxy) is 1. The fourth-order valence-electron chi connectivity index (χ4n) is 1.90. The third-order valence-electron chi connectivity index (χ3n) is 3.05. The van der Waals surface area contributed by atoms with Crippen LogP contribution in [0.2, 0.25) is 0 Å². The van der Waals surface area contributed by atoms with E-state index in [0.29, 0.717) is 11.3 Å². The molecule has 0 bridgehead atoms. The number of carbonyl (C=O) groups excluding carboxylic acids is 1. The van der Waals surface area contributed by atoms with Crippen molar-refractivity contribution < 1.29 is 9.53 Å². The van der Waals surface area contributed by atoms with Crippen LogP contribution in [0.1, 0.15) is 34.1 Å². The minimum atomic E-state index is -0.351. The number of esters is 1. The van der Waals surface area contributed by atoms with Crippen molar-refractivity contribution in [3.63, 3.8) is 0 Å². The highest BCUT2D eigenvalue weighted by Crippen LogP contribution is 2.15. The van der Waals surface area contributed by atoms with Crippen molar-refractivity contribution in [1.82, 2.24) is 4.98 Å². The van der Waals surface area contributed by atoms with Crippen LogP contribution in [0.15, 0.2) is 36.5 Å². The molecule has 0 N–H and O–H groups in total. The summed E-state index contributed by atoms with van der Waals surface area (Å²) in [4.78, 5) is 16.1. The molecule has 98 valence electrons. The maximum absolute atomic E-state index is 12.0. The van der Waals surface area contributed by atoms with Crippen molar-refractivity contribution >= 4 is 5.97 Å². The van der Waals surface area contributed by atoms with Gasteiger partial charge in [-0.1, -0.05) is 13.0 Å². The normalized spacial score (nSPS) is 10.3. The van der Waals surface area contributed by atoms with Crippen molar-refractivity contribution in [3.8, 4) is 5.75 Å². The van der Waals surface area contributed by atoms with E-state index in [1.54, 1.807) is 18.3 Å². The number of hydrogen-bond acceptors (Lipinski definition) is 3. The van der Waals surface area contributed by atoms with Gasteiger partial charge in [0.1, 0.15) is 5.75 Å². The van der Waals surface area contributed by atoms with Crippen molar-refractivity contribution in [2.75, 3.05) is 0 Å². The first-order valence-corrected chi connectivity index (χ1v) is 6.34. The molecule has 0 saturated heterocycles. The van der Waals surface area contributed by atoms with Crippen LogP contribution in [0.25, 0.3) is 0 Å². The van der Waals surface area contributed by atoms with Gasteiger partial charge in [-0.05, 0) is 55.7 Å². The zero-order valence-corrected chi connectivity index (χ0v) is 11.4. The minimum absolute atomic E-state index is 0.351. The molecular weight excluding hydrogens is 238 g/mol. The Morgan fingerprint density at radius 1 is 1.21 bits per heavy atom. The third kappa shape index (κ3) is 3.19. The average Bonchev–Trinajstić information content (AvgIpc) is 2.41. The molecule has 0 aliphatic heterocycles. The monoisotopic (exact) mass is 255 g/mol. The number of carbonyl (C=O) groups is 1. The summed E-state index contributed by atoms with van der Waals surface area (Å²) in [5.41, 5.74) is 3.81. The van der Waals surface area contributed by atoms with Crippen molar-refractivity contribution in [2.24, 2.45) is 0 Å². The molecule has 2 aromatic rings. The number of rotatable bonds is 3. The van der Waals surface area contributed by atoms with E-state index in [0.717, 1.165) is 17.7 Å². The highest BCUT2D eigenvalue weighted by molar-refractivity contribution is 5.91. The first kappa shape index (κ1) is 13.3. The standard InChI is InChI=1S/C16H17NO2/c1-4-13-6-7-14(9-11(13)2)16(18)19-15-8-5-12(3)17-10-15/h5-10H,4H2,1-3H3. The van der Waals surface area contributed by atoms with E-state index in [-0.39, 0.29) is 5.97 Å². The molecule has 0 atom stereocenters. The number of pyridine rings is 1. The highest BCUT2D eigenvalue weighted by atomic mass is 16.5. The van der Waals surface area contributed by atoms with Gasteiger partial charge in [-0.3, -0.25) is 4.98 Å². The molecule has 0 unspecified atom stereocenters. The summed E-state index contributed by atoms with van der Waals surface area (Å²) in [5.74, 6) is 0.115. The molecule has 2 rings (SSSR count). The lowest BCUT2D eigenvalue weighted by Gasteiger charge is -2.07. The summed E-state index contributed by atoms with van der Waals surface area (Å²) in [6.07, 6.45) is 2.52. The first-order chi connectivity index (χ1) is 9.10. The molecule has 0 saturated carbocycles. The van der Waals surface area contributed by atoms with Gasteiger partial charge >= 0.3 is 5.97 Å². The van der Waals surface area contributed by atoms with Crippen molar-refractivity contribution in [2.45, 2.75) is 27.2 Å². The van der Waals surface area contributed by atoms with Gasteiger partial charge in [0.15, 0.2) is 0 Å².